The van der Waals surface area contributed by atoms with E-state index in [1.807, 2.05) is 0 Å². The van der Waals surface area contributed by atoms with Crippen LogP contribution in [0.5, 0.6) is 0 Å². The first-order valence-corrected chi connectivity index (χ1v) is 9.97. The maximum Gasteiger partial charge on any atom is 0.416 e. The van der Waals surface area contributed by atoms with E-state index in [0.29, 0.717) is 12.1 Å². The van der Waals surface area contributed by atoms with Crippen LogP contribution in [0.1, 0.15) is 31.8 Å². The van der Waals surface area contributed by atoms with Crippen LogP contribution in [0.3, 0.4) is 0 Å². The second-order valence-electron chi connectivity index (χ2n) is 6.87. The number of benzene rings is 3. The Labute approximate surface area is 198 Å². The van der Waals surface area contributed by atoms with Crippen molar-refractivity contribution in [2.75, 3.05) is 10.6 Å². The molecule has 0 fully saturated rings. The van der Waals surface area contributed by atoms with Gasteiger partial charge in [-0.1, -0.05) is 23.2 Å². The molecule has 12 heteroatoms. The van der Waals surface area contributed by atoms with E-state index in [1.54, 1.807) is 0 Å². The van der Waals surface area contributed by atoms with E-state index in [1.165, 1.54) is 24.3 Å². The molecule has 3 aromatic carbocycles. The van der Waals surface area contributed by atoms with Gasteiger partial charge in [0.2, 0.25) is 0 Å². The number of nitrogens with one attached hydrogen (secondary N) is 2. The van der Waals surface area contributed by atoms with Crippen LogP contribution < -0.4 is 10.6 Å². The molecule has 0 saturated carbocycles. The number of amides is 2. The summed E-state index contributed by atoms with van der Waals surface area (Å²) in [6, 6.07) is 9.71. The molecular formula is C22H12Cl2F6N2O2. The van der Waals surface area contributed by atoms with Crippen LogP contribution in [0.2, 0.25) is 10.0 Å². The highest BCUT2D eigenvalue weighted by molar-refractivity contribution is 6.34. The quantitative estimate of drug-likeness (QED) is 0.349. The average Bonchev–Trinajstić information content (AvgIpc) is 2.75. The summed E-state index contributed by atoms with van der Waals surface area (Å²) >= 11 is 11.7. The second kappa shape index (κ2) is 9.55. The van der Waals surface area contributed by atoms with Gasteiger partial charge in [-0.2, -0.15) is 26.3 Å². The monoisotopic (exact) mass is 520 g/mol. The van der Waals surface area contributed by atoms with Gasteiger partial charge in [0.25, 0.3) is 11.8 Å². The van der Waals surface area contributed by atoms with Crippen molar-refractivity contribution < 1.29 is 35.9 Å². The fraction of sp³-hybridized carbons (Fsp3) is 0.0909. The van der Waals surface area contributed by atoms with E-state index >= 15 is 0 Å². The smallest absolute Gasteiger partial charge is 0.321 e. The van der Waals surface area contributed by atoms with Crippen LogP contribution in [0.25, 0.3) is 0 Å². The summed E-state index contributed by atoms with van der Waals surface area (Å²) in [4.78, 5) is 24.8. The summed E-state index contributed by atoms with van der Waals surface area (Å²) in [5, 5.41) is 4.29. The number of rotatable bonds is 4. The van der Waals surface area contributed by atoms with Crippen LogP contribution in [0, 0.1) is 0 Å². The number of halogens is 8. The van der Waals surface area contributed by atoms with E-state index in [4.69, 9.17) is 23.2 Å². The fourth-order valence-electron chi connectivity index (χ4n) is 2.76. The highest BCUT2D eigenvalue weighted by Crippen LogP contribution is 2.35. The largest absolute Gasteiger partial charge is 0.416 e. The minimum absolute atomic E-state index is 0.0119. The molecule has 0 aliphatic rings. The van der Waals surface area contributed by atoms with Gasteiger partial charge in [0, 0.05) is 11.1 Å². The Morgan fingerprint density at radius 1 is 0.588 bits per heavy atom. The zero-order valence-electron chi connectivity index (χ0n) is 16.6. The van der Waals surface area contributed by atoms with Gasteiger partial charge in [-0.25, -0.2) is 0 Å². The Morgan fingerprint density at radius 3 is 1.21 bits per heavy atom. The molecule has 0 saturated heterocycles. The summed E-state index contributed by atoms with van der Waals surface area (Å²) in [7, 11) is 0. The van der Waals surface area contributed by atoms with Gasteiger partial charge in [0.15, 0.2) is 0 Å². The third-order valence-electron chi connectivity index (χ3n) is 4.49. The van der Waals surface area contributed by atoms with Crippen LogP contribution in [0.15, 0.2) is 60.7 Å². The van der Waals surface area contributed by atoms with Crippen molar-refractivity contribution >= 4 is 46.4 Å². The predicted molar refractivity (Wildman–Crippen MR) is 115 cm³/mol. The Balaban J connectivity index is 1.74. The second-order valence-corrected chi connectivity index (χ2v) is 7.68. The average molecular weight is 521 g/mol. The van der Waals surface area contributed by atoms with E-state index in [-0.39, 0.29) is 32.5 Å². The Bertz CT molecular complexity index is 1150. The first-order valence-electron chi connectivity index (χ1n) is 9.22. The third-order valence-corrected chi connectivity index (χ3v) is 5.15. The molecule has 0 atom stereocenters. The van der Waals surface area contributed by atoms with Crippen molar-refractivity contribution in [1.29, 1.82) is 0 Å². The van der Waals surface area contributed by atoms with Crippen molar-refractivity contribution in [3.63, 3.8) is 0 Å². The van der Waals surface area contributed by atoms with Crippen molar-refractivity contribution in [1.82, 2.24) is 0 Å². The molecule has 3 aromatic rings. The standard InChI is InChI=1S/C22H12Cl2F6N2O2/c23-15-7-5-13(21(25,26)27)9-17(15)31-19(33)11-1-2-12(4-3-11)20(34)32-18-10-14(22(28,29)30)6-8-16(18)24/h1-10H,(H,31,33)(H,32,34). The minimum Gasteiger partial charge on any atom is -0.321 e. The Hall–Kier alpha value is -3.24. The highest BCUT2D eigenvalue weighted by atomic mass is 35.5. The first-order chi connectivity index (χ1) is 15.8. The van der Waals surface area contributed by atoms with Crippen molar-refractivity contribution in [2.24, 2.45) is 0 Å². The minimum atomic E-state index is -4.64. The van der Waals surface area contributed by atoms with Gasteiger partial charge in [-0.15, -0.1) is 0 Å². The summed E-state index contributed by atoms with van der Waals surface area (Å²) in [5.74, 6) is -1.59. The lowest BCUT2D eigenvalue weighted by atomic mass is 10.1. The molecular weight excluding hydrogens is 509 g/mol. The van der Waals surface area contributed by atoms with Crippen LogP contribution in [-0.2, 0) is 12.4 Å². The predicted octanol–water partition coefficient (Wildman–Crippen LogP) is 7.54. The molecule has 0 heterocycles. The maximum atomic E-state index is 12.9. The van der Waals surface area contributed by atoms with Gasteiger partial charge in [-0.3, -0.25) is 9.59 Å². The normalized spacial score (nSPS) is 11.8. The van der Waals surface area contributed by atoms with Gasteiger partial charge in [0.05, 0.1) is 32.5 Å². The summed E-state index contributed by atoms with van der Waals surface area (Å²) in [5.41, 5.74) is -2.56. The molecule has 0 aromatic heterocycles. The number of carbonyl (C=O) groups is 2. The van der Waals surface area contributed by atoms with E-state index in [9.17, 15) is 35.9 Å². The molecule has 0 aliphatic heterocycles. The van der Waals surface area contributed by atoms with Crippen LogP contribution >= 0.6 is 23.2 Å². The first kappa shape index (κ1) is 25.4. The third kappa shape index (κ3) is 6.00. The van der Waals surface area contributed by atoms with Crippen molar-refractivity contribution in [3.05, 3.63) is 93.0 Å². The molecule has 0 unspecified atom stereocenters. The molecule has 0 spiro atoms. The van der Waals surface area contributed by atoms with Gasteiger partial charge in [0.1, 0.15) is 0 Å². The number of alkyl halides is 6. The summed E-state index contributed by atoms with van der Waals surface area (Å²) in [6.45, 7) is 0. The zero-order valence-corrected chi connectivity index (χ0v) is 18.1. The maximum absolute atomic E-state index is 12.9. The Morgan fingerprint density at radius 2 is 0.912 bits per heavy atom. The molecule has 3 rings (SSSR count). The van der Waals surface area contributed by atoms with Crippen LogP contribution in [-0.4, -0.2) is 11.8 Å². The Kier molecular flexibility index (Phi) is 7.13. The molecule has 34 heavy (non-hydrogen) atoms. The van der Waals surface area contributed by atoms with Crippen LogP contribution in [0.4, 0.5) is 37.7 Å². The molecule has 2 N–H and O–H groups in total. The number of hydrogen-bond donors (Lipinski definition) is 2. The summed E-state index contributed by atoms with van der Waals surface area (Å²) < 4.78 is 77.3. The molecule has 0 radical (unpaired) electrons. The molecule has 2 amide bonds. The molecule has 4 nitrogen and oxygen atoms in total. The SMILES string of the molecule is O=C(Nc1cc(C(F)(F)F)ccc1Cl)c1ccc(C(=O)Nc2cc(C(F)(F)F)ccc2Cl)cc1. The topological polar surface area (TPSA) is 58.2 Å². The lowest BCUT2D eigenvalue weighted by Gasteiger charge is -2.13. The number of carbonyl (C=O) groups excluding carboxylic acids is 2. The number of anilines is 2. The number of hydrogen-bond acceptors (Lipinski definition) is 2. The molecule has 178 valence electrons. The van der Waals surface area contributed by atoms with Gasteiger partial charge in [-0.05, 0) is 60.7 Å². The van der Waals surface area contributed by atoms with Gasteiger partial charge < -0.3 is 10.6 Å². The summed E-state index contributed by atoms with van der Waals surface area (Å²) in [6.07, 6.45) is -9.27. The van der Waals surface area contributed by atoms with Crippen molar-refractivity contribution in [2.45, 2.75) is 12.4 Å². The lowest BCUT2D eigenvalue weighted by Crippen LogP contribution is -2.16. The molecule has 0 aliphatic carbocycles. The zero-order chi connectivity index (χ0) is 25.3. The molecule has 0 bridgehead atoms. The lowest BCUT2D eigenvalue weighted by molar-refractivity contribution is -0.138. The highest BCUT2D eigenvalue weighted by Gasteiger charge is 2.32. The fourth-order valence-corrected chi connectivity index (χ4v) is 3.09. The van der Waals surface area contributed by atoms with E-state index < -0.39 is 35.3 Å². The van der Waals surface area contributed by atoms with E-state index in [2.05, 4.69) is 10.6 Å². The van der Waals surface area contributed by atoms with E-state index in [0.717, 1.165) is 24.3 Å². The van der Waals surface area contributed by atoms with Crippen molar-refractivity contribution in [3.8, 4) is 0 Å². The van der Waals surface area contributed by atoms with Gasteiger partial charge >= 0.3 is 12.4 Å².